The topological polar surface area (TPSA) is 48.1 Å². The quantitative estimate of drug-likeness (QED) is 0.846. The molecule has 0 aliphatic rings. The van der Waals surface area contributed by atoms with Gasteiger partial charge in [0.15, 0.2) is 5.75 Å². The Morgan fingerprint density at radius 1 is 1.33 bits per heavy atom. The van der Waals surface area contributed by atoms with E-state index in [1.807, 2.05) is 0 Å². The highest BCUT2D eigenvalue weighted by Gasteiger charge is 2.31. The van der Waals surface area contributed by atoms with Crippen LogP contribution in [0.5, 0.6) is 10.9 Å². The molecule has 0 radical (unpaired) electrons. The molecule has 2 aromatic rings. The van der Waals surface area contributed by atoms with Crippen molar-refractivity contribution in [2.75, 3.05) is 5.73 Å². The molecule has 2 rings (SSSR count). The van der Waals surface area contributed by atoms with Gasteiger partial charge in [-0.1, -0.05) is 11.3 Å². The summed E-state index contributed by atoms with van der Waals surface area (Å²) < 4.78 is 42.6. The molecule has 0 aliphatic heterocycles. The summed E-state index contributed by atoms with van der Waals surface area (Å²) in [6, 6.07) is 2.96. The van der Waals surface area contributed by atoms with E-state index in [0.717, 1.165) is 17.8 Å². The van der Waals surface area contributed by atoms with Crippen molar-refractivity contribution >= 4 is 17.0 Å². The Morgan fingerprint density at radius 3 is 2.56 bits per heavy atom. The Kier molecular flexibility index (Phi) is 3.16. The van der Waals surface area contributed by atoms with E-state index in [4.69, 9.17) is 10.5 Å². The fraction of sp³-hybridized carbons (Fsp3) is 0.182. The first kappa shape index (κ1) is 12.7. The van der Waals surface area contributed by atoms with Gasteiger partial charge >= 0.3 is 6.18 Å². The molecular formula is C11H9F3N2OS. The molecule has 0 saturated heterocycles. The van der Waals surface area contributed by atoms with Crippen LogP contribution >= 0.6 is 11.3 Å². The molecule has 0 amide bonds. The van der Waals surface area contributed by atoms with Crippen LogP contribution in [-0.4, -0.2) is 4.98 Å². The van der Waals surface area contributed by atoms with Gasteiger partial charge in [-0.3, -0.25) is 0 Å². The molecule has 0 spiro atoms. The number of benzene rings is 1. The molecular weight excluding hydrogens is 265 g/mol. The Morgan fingerprint density at radius 2 is 2.06 bits per heavy atom. The summed E-state index contributed by atoms with van der Waals surface area (Å²) >= 11 is 1.25. The van der Waals surface area contributed by atoms with Gasteiger partial charge in [-0.15, -0.1) is 0 Å². The van der Waals surface area contributed by atoms with Gasteiger partial charge in [-0.25, -0.2) is 4.98 Å². The molecule has 96 valence electrons. The Balaban J connectivity index is 2.25. The van der Waals surface area contributed by atoms with Crippen molar-refractivity contribution in [3.8, 4) is 10.9 Å². The van der Waals surface area contributed by atoms with E-state index in [9.17, 15) is 13.2 Å². The fourth-order valence-electron chi connectivity index (χ4n) is 1.29. The van der Waals surface area contributed by atoms with E-state index < -0.39 is 11.7 Å². The van der Waals surface area contributed by atoms with Crippen LogP contribution in [0.4, 0.5) is 18.9 Å². The second-order valence-corrected chi connectivity index (χ2v) is 4.43. The summed E-state index contributed by atoms with van der Waals surface area (Å²) in [5.41, 5.74) is 5.43. The lowest BCUT2D eigenvalue weighted by atomic mass is 10.2. The van der Waals surface area contributed by atoms with E-state index in [1.165, 1.54) is 17.4 Å². The zero-order valence-electron chi connectivity index (χ0n) is 9.28. The zero-order chi connectivity index (χ0) is 13.3. The highest BCUT2D eigenvalue weighted by Crippen LogP contribution is 2.35. The van der Waals surface area contributed by atoms with Gasteiger partial charge in [0, 0.05) is 5.38 Å². The number of alkyl halides is 3. The zero-order valence-corrected chi connectivity index (χ0v) is 10.1. The van der Waals surface area contributed by atoms with Crippen molar-refractivity contribution in [2.45, 2.75) is 13.1 Å². The largest absolute Gasteiger partial charge is 0.429 e. The molecule has 7 heteroatoms. The molecule has 0 bridgehead atoms. The van der Waals surface area contributed by atoms with Crippen molar-refractivity contribution < 1.29 is 17.9 Å². The molecule has 3 nitrogen and oxygen atoms in total. The highest BCUT2D eigenvalue weighted by molar-refractivity contribution is 7.11. The van der Waals surface area contributed by atoms with Crippen molar-refractivity contribution in [3.05, 3.63) is 34.8 Å². The summed E-state index contributed by atoms with van der Waals surface area (Å²) in [6.45, 7) is 1.79. The average molecular weight is 274 g/mol. The molecule has 0 fully saturated rings. The van der Waals surface area contributed by atoms with Gasteiger partial charge in [-0.2, -0.15) is 13.2 Å². The number of thiazole rings is 1. The smallest absolute Gasteiger partial charge is 0.416 e. The van der Waals surface area contributed by atoms with Crippen LogP contribution in [0.3, 0.4) is 0 Å². The van der Waals surface area contributed by atoms with Gasteiger partial charge in [0.2, 0.25) is 0 Å². The number of nitrogens with two attached hydrogens (primary N) is 1. The number of ether oxygens (including phenoxy) is 1. The second-order valence-electron chi connectivity index (χ2n) is 3.61. The van der Waals surface area contributed by atoms with Crippen LogP contribution in [-0.2, 0) is 6.18 Å². The minimum atomic E-state index is -4.41. The van der Waals surface area contributed by atoms with Crippen LogP contribution in [0.1, 0.15) is 11.3 Å². The normalized spacial score (nSPS) is 11.6. The van der Waals surface area contributed by atoms with E-state index in [1.54, 1.807) is 12.3 Å². The summed E-state index contributed by atoms with van der Waals surface area (Å²) in [6.07, 6.45) is -4.41. The molecule has 0 unspecified atom stereocenters. The molecule has 1 aromatic carbocycles. The molecule has 2 N–H and O–H groups in total. The number of rotatable bonds is 2. The number of hydrogen-bond donors (Lipinski definition) is 1. The summed E-state index contributed by atoms with van der Waals surface area (Å²) in [5.74, 6) is 0.164. The fourth-order valence-corrected chi connectivity index (χ4v) is 1.95. The minimum Gasteiger partial charge on any atom is -0.429 e. The van der Waals surface area contributed by atoms with Crippen molar-refractivity contribution in [1.82, 2.24) is 4.98 Å². The second kappa shape index (κ2) is 4.49. The molecule has 1 aromatic heterocycles. The maximum Gasteiger partial charge on any atom is 0.416 e. The predicted octanol–water partition coefficient (Wildman–Crippen LogP) is 3.84. The number of aryl methyl sites for hydroxylation is 1. The molecule has 18 heavy (non-hydrogen) atoms. The van der Waals surface area contributed by atoms with Gasteiger partial charge in [0.25, 0.3) is 5.19 Å². The van der Waals surface area contributed by atoms with E-state index in [2.05, 4.69) is 4.98 Å². The van der Waals surface area contributed by atoms with E-state index >= 15 is 0 Å². The van der Waals surface area contributed by atoms with Crippen LogP contribution < -0.4 is 10.5 Å². The molecule has 1 heterocycles. The predicted molar refractivity (Wildman–Crippen MR) is 62.8 cm³/mol. The first-order valence-electron chi connectivity index (χ1n) is 4.93. The number of nitrogen functional groups attached to an aromatic ring is 1. The highest BCUT2D eigenvalue weighted by atomic mass is 32.1. The number of anilines is 1. The van der Waals surface area contributed by atoms with Crippen molar-refractivity contribution in [1.29, 1.82) is 0 Å². The third-order valence-corrected chi connectivity index (χ3v) is 2.97. The van der Waals surface area contributed by atoms with Crippen LogP contribution in [0.15, 0.2) is 23.6 Å². The van der Waals surface area contributed by atoms with Crippen molar-refractivity contribution in [2.24, 2.45) is 0 Å². The first-order chi connectivity index (χ1) is 8.36. The summed E-state index contributed by atoms with van der Waals surface area (Å²) in [7, 11) is 0. The maximum absolute atomic E-state index is 12.4. The van der Waals surface area contributed by atoms with Gasteiger partial charge in [0.05, 0.1) is 16.9 Å². The Hall–Kier alpha value is -1.76. The molecule has 0 atom stereocenters. The third-order valence-electron chi connectivity index (χ3n) is 2.13. The van der Waals surface area contributed by atoms with E-state index in [0.29, 0.717) is 5.19 Å². The van der Waals surface area contributed by atoms with Crippen LogP contribution in [0, 0.1) is 6.92 Å². The molecule has 0 saturated carbocycles. The average Bonchev–Trinajstić information content (AvgIpc) is 2.65. The summed E-state index contributed by atoms with van der Waals surface area (Å²) in [4.78, 5) is 4.04. The van der Waals surface area contributed by atoms with Crippen LogP contribution in [0.2, 0.25) is 0 Å². The Bertz CT molecular complexity index is 566. The minimum absolute atomic E-state index is 0.0716. The number of halogens is 3. The lowest BCUT2D eigenvalue weighted by molar-refractivity contribution is -0.137. The SMILES string of the molecule is Cc1csc(Oc2ccc(C(F)(F)F)cc2N)n1. The van der Waals surface area contributed by atoms with Crippen LogP contribution in [0.25, 0.3) is 0 Å². The third kappa shape index (κ3) is 2.73. The maximum atomic E-state index is 12.4. The standard InChI is InChI=1S/C11H9F3N2OS/c1-6-5-18-10(16-6)17-9-3-2-7(4-8(9)15)11(12,13)14/h2-5H,15H2,1H3. The van der Waals surface area contributed by atoms with Gasteiger partial charge < -0.3 is 10.5 Å². The first-order valence-corrected chi connectivity index (χ1v) is 5.81. The monoisotopic (exact) mass is 274 g/mol. The Labute approximate surface area is 105 Å². The number of nitrogens with zero attached hydrogens (tertiary/aromatic N) is 1. The van der Waals surface area contributed by atoms with Gasteiger partial charge in [-0.05, 0) is 25.1 Å². The molecule has 0 aliphatic carbocycles. The number of aromatic nitrogens is 1. The number of hydrogen-bond acceptors (Lipinski definition) is 4. The van der Waals surface area contributed by atoms with Crippen molar-refractivity contribution in [3.63, 3.8) is 0 Å². The lowest BCUT2D eigenvalue weighted by Gasteiger charge is -2.10. The lowest BCUT2D eigenvalue weighted by Crippen LogP contribution is -2.05. The van der Waals surface area contributed by atoms with E-state index in [-0.39, 0.29) is 11.4 Å². The summed E-state index contributed by atoms with van der Waals surface area (Å²) in [5, 5.41) is 2.12. The van der Waals surface area contributed by atoms with Gasteiger partial charge in [0.1, 0.15) is 0 Å².